The maximum absolute atomic E-state index is 10.1. The van der Waals surface area contributed by atoms with Gasteiger partial charge in [0.25, 0.3) is 0 Å². The molecule has 4 rings (SSSR count). The van der Waals surface area contributed by atoms with Gasteiger partial charge in [-0.25, -0.2) is 0 Å². The van der Waals surface area contributed by atoms with Crippen LogP contribution in [0.4, 0.5) is 0 Å². The molecule has 0 bridgehead atoms. The van der Waals surface area contributed by atoms with E-state index in [-0.39, 0.29) is 6.10 Å². The summed E-state index contributed by atoms with van der Waals surface area (Å²) in [4.78, 5) is 0. The van der Waals surface area contributed by atoms with Crippen LogP contribution >= 0.6 is 0 Å². The van der Waals surface area contributed by atoms with Crippen LogP contribution in [0.5, 0.6) is 0 Å². The van der Waals surface area contributed by atoms with Crippen LogP contribution in [0.25, 0.3) is 0 Å². The molecule has 0 saturated heterocycles. The Balaban J connectivity index is 1.67. The van der Waals surface area contributed by atoms with E-state index >= 15 is 0 Å². The molecule has 0 spiro atoms. The van der Waals surface area contributed by atoms with E-state index in [4.69, 9.17) is 0 Å². The van der Waals surface area contributed by atoms with Crippen molar-refractivity contribution in [3.8, 4) is 0 Å². The fourth-order valence-electron chi connectivity index (χ4n) is 7.33. The maximum Gasteiger partial charge on any atom is 0.0578 e. The Morgan fingerprint density at radius 3 is 2.64 bits per heavy atom. The quantitative estimate of drug-likeness (QED) is 0.606. The lowest BCUT2D eigenvalue weighted by Crippen LogP contribution is -2.46. The molecule has 0 heterocycles. The Labute approximate surface area is 154 Å². The molecule has 7 unspecified atom stereocenters. The number of rotatable bonds is 2. The summed E-state index contributed by atoms with van der Waals surface area (Å²) in [6.07, 6.45) is 18.0. The second kappa shape index (κ2) is 6.12. The molecule has 0 aromatic rings. The van der Waals surface area contributed by atoms with E-state index in [9.17, 15) is 5.11 Å². The van der Waals surface area contributed by atoms with Gasteiger partial charge in [-0.2, -0.15) is 0 Å². The first-order valence-electron chi connectivity index (χ1n) is 10.6. The number of allylic oxidation sites excluding steroid dienone is 5. The van der Waals surface area contributed by atoms with E-state index in [2.05, 4.69) is 52.0 Å². The standard InChI is InChI=1S/C24H36O/c1-5-6-16(2)20-9-10-21-19-8-7-17-15-18(25)11-13-23(17,3)22(19)12-14-24(20,21)4/h5-8,16,18,20-22,25H,9-15H2,1-4H3/b6-5-. The molecule has 4 aliphatic rings. The predicted molar refractivity (Wildman–Crippen MR) is 105 cm³/mol. The summed E-state index contributed by atoms with van der Waals surface area (Å²) in [5.74, 6) is 3.05. The highest BCUT2D eigenvalue weighted by molar-refractivity contribution is 5.38. The summed E-state index contributed by atoms with van der Waals surface area (Å²) in [6, 6.07) is 0. The predicted octanol–water partition coefficient (Wildman–Crippen LogP) is 6.06. The van der Waals surface area contributed by atoms with Gasteiger partial charge in [-0.15, -0.1) is 0 Å². The van der Waals surface area contributed by atoms with Gasteiger partial charge in [0.15, 0.2) is 0 Å². The van der Waals surface area contributed by atoms with Crippen LogP contribution in [0.2, 0.25) is 0 Å². The molecule has 0 amide bonds. The minimum Gasteiger partial charge on any atom is -0.393 e. The number of hydrogen-bond acceptors (Lipinski definition) is 1. The van der Waals surface area contributed by atoms with Crippen molar-refractivity contribution in [2.75, 3.05) is 0 Å². The summed E-state index contributed by atoms with van der Waals surface area (Å²) >= 11 is 0. The van der Waals surface area contributed by atoms with Gasteiger partial charge >= 0.3 is 0 Å². The van der Waals surface area contributed by atoms with Crippen LogP contribution < -0.4 is 0 Å². The van der Waals surface area contributed by atoms with Gasteiger partial charge in [-0.1, -0.05) is 56.2 Å². The molecule has 0 radical (unpaired) electrons. The monoisotopic (exact) mass is 340 g/mol. The average molecular weight is 341 g/mol. The third kappa shape index (κ3) is 2.52. The highest BCUT2D eigenvalue weighted by atomic mass is 16.3. The van der Waals surface area contributed by atoms with Crippen molar-refractivity contribution >= 4 is 0 Å². The number of fused-ring (bicyclic) bond motifs is 5. The summed E-state index contributed by atoms with van der Waals surface area (Å²) in [6.45, 7) is 9.69. The molecule has 7 atom stereocenters. The van der Waals surface area contributed by atoms with Crippen LogP contribution in [0.15, 0.2) is 35.5 Å². The first-order chi connectivity index (χ1) is 11.9. The second-order valence-electron chi connectivity index (χ2n) is 9.89. The van der Waals surface area contributed by atoms with Crippen LogP contribution in [0, 0.1) is 34.5 Å². The number of hydrogen-bond donors (Lipinski definition) is 1. The van der Waals surface area contributed by atoms with Crippen molar-refractivity contribution in [3.63, 3.8) is 0 Å². The summed E-state index contributed by atoms with van der Waals surface area (Å²) in [5, 5.41) is 10.1. The van der Waals surface area contributed by atoms with Crippen molar-refractivity contribution in [1.29, 1.82) is 0 Å². The lowest BCUT2D eigenvalue weighted by atomic mass is 9.50. The molecule has 4 aliphatic carbocycles. The lowest BCUT2D eigenvalue weighted by molar-refractivity contribution is 0.0383. The SMILES string of the molecule is C/C=C\C(C)C1CCC2C3=CC=C4CC(O)CCC4(C)C3CCC21C. The topological polar surface area (TPSA) is 20.2 Å². The zero-order valence-electron chi connectivity index (χ0n) is 16.6. The molecule has 1 heteroatoms. The fourth-order valence-corrected chi connectivity index (χ4v) is 7.33. The fraction of sp³-hybridized carbons (Fsp3) is 0.750. The van der Waals surface area contributed by atoms with Crippen molar-refractivity contribution < 1.29 is 5.11 Å². The van der Waals surface area contributed by atoms with Crippen LogP contribution in [0.1, 0.15) is 72.6 Å². The lowest BCUT2D eigenvalue weighted by Gasteiger charge is -2.55. The van der Waals surface area contributed by atoms with Gasteiger partial charge in [0.1, 0.15) is 0 Å². The van der Waals surface area contributed by atoms with Crippen molar-refractivity contribution in [2.24, 2.45) is 34.5 Å². The van der Waals surface area contributed by atoms with Crippen molar-refractivity contribution in [3.05, 3.63) is 35.5 Å². The van der Waals surface area contributed by atoms with Crippen LogP contribution in [-0.4, -0.2) is 11.2 Å². The highest BCUT2D eigenvalue weighted by Gasteiger charge is 2.56. The highest BCUT2D eigenvalue weighted by Crippen LogP contribution is 2.65. The van der Waals surface area contributed by atoms with E-state index in [1.807, 2.05) is 0 Å². The van der Waals surface area contributed by atoms with Gasteiger partial charge in [0.2, 0.25) is 0 Å². The van der Waals surface area contributed by atoms with E-state index in [1.54, 1.807) is 5.57 Å². The van der Waals surface area contributed by atoms with E-state index < -0.39 is 0 Å². The molecule has 0 aliphatic heterocycles. The summed E-state index contributed by atoms with van der Waals surface area (Å²) in [5.41, 5.74) is 4.10. The number of aliphatic hydroxyl groups is 1. The third-order valence-electron chi connectivity index (χ3n) is 8.75. The zero-order valence-corrected chi connectivity index (χ0v) is 16.6. The van der Waals surface area contributed by atoms with Gasteiger partial charge in [-0.05, 0) is 86.4 Å². The first-order valence-corrected chi connectivity index (χ1v) is 10.6. The average Bonchev–Trinajstić information content (AvgIpc) is 2.93. The van der Waals surface area contributed by atoms with Gasteiger partial charge < -0.3 is 5.11 Å². The molecule has 138 valence electrons. The Hall–Kier alpha value is -0.820. The van der Waals surface area contributed by atoms with E-state index in [0.29, 0.717) is 16.7 Å². The molecule has 25 heavy (non-hydrogen) atoms. The first kappa shape index (κ1) is 17.6. The number of aliphatic hydroxyl groups excluding tert-OH is 1. The molecule has 0 aromatic carbocycles. The Bertz CT molecular complexity index is 626. The minimum atomic E-state index is -0.110. The summed E-state index contributed by atoms with van der Waals surface area (Å²) < 4.78 is 0. The van der Waals surface area contributed by atoms with Crippen LogP contribution in [0.3, 0.4) is 0 Å². The molecule has 1 N–H and O–H groups in total. The summed E-state index contributed by atoms with van der Waals surface area (Å²) in [7, 11) is 0. The Kier molecular flexibility index (Phi) is 4.30. The smallest absolute Gasteiger partial charge is 0.0578 e. The van der Waals surface area contributed by atoms with Gasteiger partial charge in [0.05, 0.1) is 6.10 Å². The molecule has 3 saturated carbocycles. The Morgan fingerprint density at radius 2 is 1.88 bits per heavy atom. The van der Waals surface area contributed by atoms with Crippen molar-refractivity contribution in [2.45, 2.75) is 78.7 Å². The zero-order chi connectivity index (χ0) is 17.8. The van der Waals surface area contributed by atoms with Gasteiger partial charge in [-0.3, -0.25) is 0 Å². The molecular formula is C24H36O. The Morgan fingerprint density at radius 1 is 1.08 bits per heavy atom. The molecular weight excluding hydrogens is 304 g/mol. The largest absolute Gasteiger partial charge is 0.393 e. The van der Waals surface area contributed by atoms with E-state index in [0.717, 1.165) is 30.6 Å². The van der Waals surface area contributed by atoms with Gasteiger partial charge in [0, 0.05) is 0 Å². The third-order valence-corrected chi connectivity index (χ3v) is 8.75. The van der Waals surface area contributed by atoms with Crippen LogP contribution in [-0.2, 0) is 0 Å². The second-order valence-corrected chi connectivity index (χ2v) is 9.89. The van der Waals surface area contributed by atoms with Crippen molar-refractivity contribution in [1.82, 2.24) is 0 Å². The van der Waals surface area contributed by atoms with E-state index in [1.165, 1.54) is 37.7 Å². The maximum atomic E-state index is 10.1. The minimum absolute atomic E-state index is 0.110. The molecule has 0 aromatic heterocycles. The normalized spacial score (nSPS) is 47.6. The molecule has 3 fully saturated rings. The molecule has 1 nitrogen and oxygen atoms in total.